The highest BCUT2D eigenvalue weighted by molar-refractivity contribution is 6.30. The molecule has 10 heteroatoms. The van der Waals surface area contributed by atoms with Crippen LogP contribution >= 0.6 is 0 Å². The third-order valence-electron chi connectivity index (χ3n) is 5.85. The van der Waals surface area contributed by atoms with Gasteiger partial charge in [-0.2, -0.15) is 0 Å². The molecule has 0 aromatic heterocycles. The number of nitrogens with one attached hydrogen (secondary N) is 1. The Hall–Kier alpha value is -4.73. The Balaban J connectivity index is 1.59. The minimum Gasteiger partial charge on any atom is -0.449 e. The number of nitro benzene ring substituents is 1. The summed E-state index contributed by atoms with van der Waals surface area (Å²) >= 11 is 0. The predicted octanol–water partition coefficient (Wildman–Crippen LogP) is 3.93. The summed E-state index contributed by atoms with van der Waals surface area (Å²) in [7, 11) is 0. The number of ketones is 2. The van der Waals surface area contributed by atoms with Gasteiger partial charge in [0.2, 0.25) is 5.78 Å². The van der Waals surface area contributed by atoms with E-state index in [1.807, 2.05) is 0 Å². The number of carbonyl (C=O) groups is 4. The molecule has 1 aliphatic rings. The van der Waals surface area contributed by atoms with Crippen molar-refractivity contribution in [3.8, 4) is 0 Å². The fourth-order valence-electron chi connectivity index (χ4n) is 3.97. The van der Waals surface area contributed by atoms with E-state index in [0.29, 0.717) is 5.56 Å². The first-order chi connectivity index (χ1) is 17.1. The van der Waals surface area contributed by atoms with Crippen molar-refractivity contribution >= 4 is 29.1 Å². The number of fused-ring (bicyclic) bond motifs is 2. The van der Waals surface area contributed by atoms with Crippen LogP contribution in [0.1, 0.15) is 67.7 Å². The van der Waals surface area contributed by atoms with Crippen LogP contribution in [0.5, 0.6) is 0 Å². The van der Waals surface area contributed by atoms with Crippen LogP contribution in [-0.2, 0) is 9.53 Å². The van der Waals surface area contributed by atoms with Gasteiger partial charge in [-0.15, -0.1) is 0 Å². The Morgan fingerprint density at radius 3 is 2.14 bits per heavy atom. The molecule has 0 spiro atoms. The lowest BCUT2D eigenvalue weighted by Crippen LogP contribution is -2.37. The zero-order valence-corrected chi connectivity index (χ0v) is 19.1. The van der Waals surface area contributed by atoms with E-state index in [0.717, 1.165) is 12.1 Å². The van der Waals surface area contributed by atoms with Crippen molar-refractivity contribution in [3.05, 3.63) is 110 Å². The van der Waals surface area contributed by atoms with Crippen molar-refractivity contribution in [1.29, 1.82) is 0 Å². The van der Waals surface area contributed by atoms with E-state index in [1.165, 1.54) is 49.4 Å². The fraction of sp³-hybridized carbons (Fsp3) is 0.154. The lowest BCUT2D eigenvalue weighted by atomic mass is 9.82. The van der Waals surface area contributed by atoms with Crippen LogP contribution in [0.3, 0.4) is 0 Å². The third-order valence-corrected chi connectivity index (χ3v) is 5.85. The minimum atomic E-state index is -1.35. The topological polar surface area (TPSA) is 133 Å². The average molecular weight is 490 g/mol. The molecule has 1 amide bonds. The van der Waals surface area contributed by atoms with Crippen LogP contribution in [-0.4, -0.2) is 34.5 Å². The van der Waals surface area contributed by atoms with Crippen molar-refractivity contribution < 1.29 is 33.2 Å². The molecule has 0 heterocycles. The van der Waals surface area contributed by atoms with Gasteiger partial charge in [0.25, 0.3) is 11.6 Å². The Morgan fingerprint density at radius 1 is 0.917 bits per heavy atom. The Bertz CT molecular complexity index is 1430. The second-order valence-electron chi connectivity index (χ2n) is 8.17. The summed E-state index contributed by atoms with van der Waals surface area (Å²) in [5.41, 5.74) is -1.41. The predicted molar refractivity (Wildman–Crippen MR) is 124 cm³/mol. The molecular formula is C26H19FN2O7. The first kappa shape index (κ1) is 24.4. The standard InChI is InChI=1S/C26H19FN2O7/c1-13(15-7-9-16(27)10-8-15)28-25(32)14(2)36-26(33)20-12-11-19-21(22(20)29(34)35)24(31)18-6-4-3-5-17(18)23(19)30/h3-14H,1-2H3,(H,28,32). The van der Waals surface area contributed by atoms with E-state index in [1.54, 1.807) is 13.0 Å². The number of ether oxygens (including phenoxy) is 1. The minimum absolute atomic E-state index is 0.00820. The number of halogens is 1. The molecule has 4 rings (SSSR count). The molecule has 0 saturated heterocycles. The van der Waals surface area contributed by atoms with Gasteiger partial charge in [-0.05, 0) is 43.7 Å². The smallest absolute Gasteiger partial charge is 0.345 e. The van der Waals surface area contributed by atoms with Crippen molar-refractivity contribution in [3.63, 3.8) is 0 Å². The highest BCUT2D eigenvalue weighted by Crippen LogP contribution is 2.36. The number of hydrogen-bond donors (Lipinski definition) is 1. The zero-order valence-electron chi connectivity index (χ0n) is 19.1. The van der Waals surface area contributed by atoms with Gasteiger partial charge in [-0.25, -0.2) is 9.18 Å². The molecule has 0 radical (unpaired) electrons. The van der Waals surface area contributed by atoms with Gasteiger partial charge >= 0.3 is 5.97 Å². The van der Waals surface area contributed by atoms with Crippen LogP contribution in [0, 0.1) is 15.9 Å². The highest BCUT2D eigenvalue weighted by Gasteiger charge is 2.39. The molecule has 2 atom stereocenters. The van der Waals surface area contributed by atoms with Crippen LogP contribution in [0.4, 0.5) is 10.1 Å². The summed E-state index contributed by atoms with van der Waals surface area (Å²) in [4.78, 5) is 62.3. The van der Waals surface area contributed by atoms with Crippen molar-refractivity contribution in [2.75, 3.05) is 0 Å². The van der Waals surface area contributed by atoms with Gasteiger partial charge in [0.1, 0.15) is 16.9 Å². The normalized spacial score (nSPS) is 13.8. The number of benzene rings is 3. The Labute approximate surface area is 204 Å². The van der Waals surface area contributed by atoms with E-state index < -0.39 is 63.1 Å². The molecule has 36 heavy (non-hydrogen) atoms. The molecule has 1 N–H and O–H groups in total. The molecule has 0 aliphatic heterocycles. The molecule has 2 unspecified atom stereocenters. The summed E-state index contributed by atoms with van der Waals surface area (Å²) in [6.45, 7) is 2.92. The summed E-state index contributed by atoms with van der Waals surface area (Å²) in [5.74, 6) is -3.68. The molecule has 9 nitrogen and oxygen atoms in total. The van der Waals surface area contributed by atoms with Crippen molar-refractivity contribution in [2.45, 2.75) is 26.0 Å². The van der Waals surface area contributed by atoms with Crippen LogP contribution in [0.15, 0.2) is 60.7 Å². The summed E-state index contributed by atoms with van der Waals surface area (Å²) in [6.07, 6.45) is -1.35. The lowest BCUT2D eigenvalue weighted by Gasteiger charge is -2.20. The number of carbonyl (C=O) groups excluding carboxylic acids is 4. The molecule has 0 saturated carbocycles. The first-order valence-electron chi connectivity index (χ1n) is 10.9. The summed E-state index contributed by atoms with van der Waals surface area (Å²) in [5, 5.41) is 14.5. The number of nitro groups is 1. The van der Waals surface area contributed by atoms with Gasteiger partial charge in [0.15, 0.2) is 11.9 Å². The van der Waals surface area contributed by atoms with E-state index in [4.69, 9.17) is 4.74 Å². The fourth-order valence-corrected chi connectivity index (χ4v) is 3.97. The molecule has 182 valence electrons. The van der Waals surface area contributed by atoms with Crippen molar-refractivity contribution in [1.82, 2.24) is 5.32 Å². The first-order valence-corrected chi connectivity index (χ1v) is 10.9. The number of esters is 1. The SMILES string of the molecule is CC(OC(=O)c1ccc2c(c1[N+](=O)[O-])C(=O)c1ccccc1C2=O)C(=O)NC(C)c1ccc(F)cc1. The third kappa shape index (κ3) is 4.36. The van der Waals surface area contributed by atoms with E-state index in [-0.39, 0.29) is 16.7 Å². The number of nitrogens with zero attached hydrogens (tertiary/aromatic N) is 1. The number of amides is 1. The largest absolute Gasteiger partial charge is 0.449 e. The van der Waals surface area contributed by atoms with E-state index in [2.05, 4.69) is 5.32 Å². The molecule has 0 bridgehead atoms. The molecular weight excluding hydrogens is 471 g/mol. The van der Waals surface area contributed by atoms with Crippen LogP contribution in [0.25, 0.3) is 0 Å². The second kappa shape index (κ2) is 9.49. The number of rotatable bonds is 6. The van der Waals surface area contributed by atoms with Gasteiger partial charge in [0, 0.05) is 16.7 Å². The quantitative estimate of drug-likeness (QED) is 0.246. The molecule has 3 aromatic rings. The number of hydrogen-bond acceptors (Lipinski definition) is 7. The van der Waals surface area contributed by atoms with Gasteiger partial charge in [-0.1, -0.05) is 36.4 Å². The highest BCUT2D eigenvalue weighted by atomic mass is 19.1. The Morgan fingerprint density at radius 2 is 1.53 bits per heavy atom. The summed E-state index contributed by atoms with van der Waals surface area (Å²) < 4.78 is 18.3. The molecule has 0 fully saturated rings. The van der Waals surface area contributed by atoms with Crippen molar-refractivity contribution in [2.24, 2.45) is 0 Å². The maximum atomic E-state index is 13.1. The van der Waals surface area contributed by atoms with Gasteiger partial charge < -0.3 is 10.1 Å². The zero-order chi connectivity index (χ0) is 26.1. The Kier molecular flexibility index (Phi) is 6.43. The van der Waals surface area contributed by atoms with Crippen LogP contribution < -0.4 is 5.32 Å². The van der Waals surface area contributed by atoms with Gasteiger partial charge in [0.05, 0.1) is 11.0 Å². The monoisotopic (exact) mass is 490 g/mol. The maximum absolute atomic E-state index is 13.1. The van der Waals surface area contributed by atoms with E-state index in [9.17, 15) is 33.7 Å². The molecule has 1 aliphatic carbocycles. The van der Waals surface area contributed by atoms with E-state index >= 15 is 0 Å². The average Bonchev–Trinajstić information content (AvgIpc) is 2.86. The lowest BCUT2D eigenvalue weighted by molar-refractivity contribution is -0.385. The summed E-state index contributed by atoms with van der Waals surface area (Å²) in [6, 6.07) is 13.0. The second-order valence-corrected chi connectivity index (χ2v) is 8.17. The van der Waals surface area contributed by atoms with Gasteiger partial charge in [-0.3, -0.25) is 24.5 Å². The van der Waals surface area contributed by atoms with Crippen LogP contribution in [0.2, 0.25) is 0 Å². The maximum Gasteiger partial charge on any atom is 0.345 e. The molecule has 3 aromatic carbocycles.